The van der Waals surface area contributed by atoms with Crippen molar-refractivity contribution in [2.45, 2.75) is 25.7 Å². The maximum Gasteiger partial charge on any atom is 0.116 e. The number of hydrogen-bond acceptors (Lipinski definition) is 2. The Labute approximate surface area is 107 Å². The smallest absolute Gasteiger partial charge is 0.116 e. The SMILES string of the molecule is Oc1ccc(-c2cc(O)cc3c2CCCC3)cc1. The maximum atomic E-state index is 9.84. The summed E-state index contributed by atoms with van der Waals surface area (Å²) >= 11 is 0. The predicted octanol–water partition coefficient (Wildman–Crippen LogP) is 3.64. The third-order valence-corrected chi connectivity index (χ3v) is 3.63. The zero-order chi connectivity index (χ0) is 12.5. The third-order valence-electron chi connectivity index (χ3n) is 3.63. The fraction of sp³-hybridized carbons (Fsp3) is 0.250. The topological polar surface area (TPSA) is 40.5 Å². The molecule has 3 rings (SSSR count). The van der Waals surface area contributed by atoms with Crippen LogP contribution in [0, 0.1) is 0 Å². The Hall–Kier alpha value is -1.96. The molecule has 2 heteroatoms. The Morgan fingerprint density at radius 2 is 1.50 bits per heavy atom. The van der Waals surface area contributed by atoms with E-state index in [1.165, 1.54) is 24.0 Å². The van der Waals surface area contributed by atoms with Crippen LogP contribution in [0.3, 0.4) is 0 Å². The van der Waals surface area contributed by atoms with Gasteiger partial charge in [0.15, 0.2) is 0 Å². The molecule has 0 bridgehead atoms. The molecule has 2 aromatic carbocycles. The van der Waals surface area contributed by atoms with Crippen LogP contribution in [0.2, 0.25) is 0 Å². The van der Waals surface area contributed by atoms with E-state index in [1.54, 1.807) is 12.1 Å². The lowest BCUT2D eigenvalue weighted by molar-refractivity contribution is 0.473. The maximum absolute atomic E-state index is 9.84. The normalized spacial score (nSPS) is 14.2. The molecular formula is C16H16O2. The van der Waals surface area contributed by atoms with Gasteiger partial charge in [0.1, 0.15) is 11.5 Å². The summed E-state index contributed by atoms with van der Waals surface area (Å²) in [6.07, 6.45) is 4.54. The molecule has 2 nitrogen and oxygen atoms in total. The van der Waals surface area contributed by atoms with Gasteiger partial charge in [-0.1, -0.05) is 12.1 Å². The molecule has 0 amide bonds. The molecule has 0 saturated carbocycles. The van der Waals surface area contributed by atoms with Gasteiger partial charge in [-0.3, -0.25) is 0 Å². The van der Waals surface area contributed by atoms with Gasteiger partial charge in [0.2, 0.25) is 0 Å². The van der Waals surface area contributed by atoms with Crippen molar-refractivity contribution in [3.05, 3.63) is 47.5 Å². The first-order valence-corrected chi connectivity index (χ1v) is 6.38. The van der Waals surface area contributed by atoms with Gasteiger partial charge in [-0.05, 0) is 72.2 Å². The monoisotopic (exact) mass is 240 g/mol. The van der Waals surface area contributed by atoms with Crippen LogP contribution in [0.1, 0.15) is 24.0 Å². The van der Waals surface area contributed by atoms with Gasteiger partial charge in [0.25, 0.3) is 0 Å². The van der Waals surface area contributed by atoms with E-state index >= 15 is 0 Å². The molecule has 0 saturated heterocycles. The third kappa shape index (κ3) is 1.94. The highest BCUT2D eigenvalue weighted by Crippen LogP contribution is 2.35. The van der Waals surface area contributed by atoms with E-state index in [1.807, 2.05) is 24.3 Å². The average Bonchev–Trinajstić information content (AvgIpc) is 2.38. The minimum Gasteiger partial charge on any atom is -0.508 e. The Morgan fingerprint density at radius 1 is 0.778 bits per heavy atom. The lowest BCUT2D eigenvalue weighted by Gasteiger charge is -2.20. The van der Waals surface area contributed by atoms with Crippen LogP contribution in [-0.4, -0.2) is 10.2 Å². The average molecular weight is 240 g/mol. The van der Waals surface area contributed by atoms with Crippen molar-refractivity contribution in [1.29, 1.82) is 0 Å². The number of phenolic OH excluding ortho intramolecular Hbond substituents is 2. The van der Waals surface area contributed by atoms with E-state index in [9.17, 15) is 10.2 Å². The van der Waals surface area contributed by atoms with Crippen molar-refractivity contribution in [2.75, 3.05) is 0 Å². The molecule has 2 aromatic rings. The minimum absolute atomic E-state index is 0.271. The molecule has 18 heavy (non-hydrogen) atoms. The first-order valence-electron chi connectivity index (χ1n) is 6.38. The van der Waals surface area contributed by atoms with E-state index in [2.05, 4.69) is 0 Å². The van der Waals surface area contributed by atoms with E-state index in [0.717, 1.165) is 24.0 Å². The number of rotatable bonds is 1. The van der Waals surface area contributed by atoms with Crippen molar-refractivity contribution >= 4 is 0 Å². The largest absolute Gasteiger partial charge is 0.508 e. The highest BCUT2D eigenvalue weighted by Gasteiger charge is 2.15. The first kappa shape index (κ1) is 11.1. The lowest BCUT2D eigenvalue weighted by Crippen LogP contribution is -2.04. The summed E-state index contributed by atoms with van der Waals surface area (Å²) in [4.78, 5) is 0. The molecule has 0 fully saturated rings. The Morgan fingerprint density at radius 3 is 2.28 bits per heavy atom. The summed E-state index contributed by atoms with van der Waals surface area (Å²) in [6, 6.07) is 10.9. The summed E-state index contributed by atoms with van der Waals surface area (Å²) in [5.74, 6) is 0.603. The van der Waals surface area contributed by atoms with Crippen LogP contribution in [0.4, 0.5) is 0 Å². The number of phenols is 2. The molecule has 0 aliphatic heterocycles. The van der Waals surface area contributed by atoms with Crippen LogP contribution >= 0.6 is 0 Å². The second-order valence-corrected chi connectivity index (χ2v) is 4.88. The van der Waals surface area contributed by atoms with E-state index in [-0.39, 0.29) is 5.75 Å². The number of fused-ring (bicyclic) bond motifs is 1. The van der Waals surface area contributed by atoms with Gasteiger partial charge in [0, 0.05) is 0 Å². The Kier molecular flexibility index (Phi) is 2.71. The number of aryl methyl sites for hydroxylation is 1. The van der Waals surface area contributed by atoms with E-state index < -0.39 is 0 Å². The Balaban J connectivity index is 2.16. The number of benzene rings is 2. The van der Waals surface area contributed by atoms with Gasteiger partial charge in [0.05, 0.1) is 0 Å². The predicted molar refractivity (Wildman–Crippen MR) is 71.8 cm³/mol. The zero-order valence-electron chi connectivity index (χ0n) is 10.2. The van der Waals surface area contributed by atoms with Gasteiger partial charge in [-0.25, -0.2) is 0 Å². The molecule has 0 radical (unpaired) electrons. The molecule has 0 heterocycles. The Bertz CT molecular complexity index is 570. The standard InChI is InChI=1S/C16H16O2/c17-13-7-5-11(6-8-13)16-10-14(18)9-12-3-1-2-4-15(12)16/h5-10,17-18H,1-4H2. The van der Waals surface area contributed by atoms with Crippen LogP contribution in [0.5, 0.6) is 11.5 Å². The lowest BCUT2D eigenvalue weighted by atomic mass is 9.85. The fourth-order valence-corrected chi connectivity index (χ4v) is 2.75. The molecule has 1 aliphatic carbocycles. The summed E-state index contributed by atoms with van der Waals surface area (Å²) in [7, 11) is 0. The zero-order valence-corrected chi connectivity index (χ0v) is 10.2. The molecule has 1 aliphatic rings. The summed E-state index contributed by atoms with van der Waals surface area (Å²) in [5.41, 5.74) is 4.78. The molecular weight excluding hydrogens is 224 g/mol. The van der Waals surface area contributed by atoms with E-state index in [4.69, 9.17) is 0 Å². The number of hydrogen-bond donors (Lipinski definition) is 2. The number of aromatic hydroxyl groups is 2. The summed E-state index contributed by atoms with van der Waals surface area (Å²) < 4.78 is 0. The highest BCUT2D eigenvalue weighted by atomic mass is 16.3. The highest BCUT2D eigenvalue weighted by molar-refractivity contribution is 5.71. The van der Waals surface area contributed by atoms with Gasteiger partial charge in [-0.15, -0.1) is 0 Å². The van der Waals surface area contributed by atoms with Crippen LogP contribution < -0.4 is 0 Å². The molecule has 0 aromatic heterocycles. The van der Waals surface area contributed by atoms with Gasteiger partial charge >= 0.3 is 0 Å². The van der Waals surface area contributed by atoms with Crippen molar-refractivity contribution in [3.8, 4) is 22.6 Å². The molecule has 0 spiro atoms. The van der Waals surface area contributed by atoms with Crippen molar-refractivity contribution < 1.29 is 10.2 Å². The molecule has 0 unspecified atom stereocenters. The summed E-state index contributed by atoms with van der Waals surface area (Å²) in [5, 5.41) is 19.2. The van der Waals surface area contributed by atoms with Crippen molar-refractivity contribution in [1.82, 2.24) is 0 Å². The van der Waals surface area contributed by atoms with Crippen molar-refractivity contribution in [2.24, 2.45) is 0 Å². The molecule has 0 atom stereocenters. The van der Waals surface area contributed by atoms with Gasteiger partial charge in [-0.2, -0.15) is 0 Å². The van der Waals surface area contributed by atoms with Crippen LogP contribution in [0.25, 0.3) is 11.1 Å². The first-order chi connectivity index (χ1) is 8.74. The van der Waals surface area contributed by atoms with Gasteiger partial charge < -0.3 is 10.2 Å². The summed E-state index contributed by atoms with van der Waals surface area (Å²) in [6.45, 7) is 0. The van der Waals surface area contributed by atoms with Crippen LogP contribution in [0.15, 0.2) is 36.4 Å². The molecule has 92 valence electrons. The van der Waals surface area contributed by atoms with Crippen molar-refractivity contribution in [3.63, 3.8) is 0 Å². The second-order valence-electron chi connectivity index (χ2n) is 4.88. The van der Waals surface area contributed by atoms with Crippen LogP contribution in [-0.2, 0) is 12.8 Å². The van der Waals surface area contributed by atoms with E-state index in [0.29, 0.717) is 5.75 Å². The molecule has 2 N–H and O–H groups in total. The quantitative estimate of drug-likeness (QED) is 0.798. The second kappa shape index (κ2) is 4.37. The fourth-order valence-electron chi connectivity index (χ4n) is 2.75. The minimum atomic E-state index is 0.271.